The van der Waals surface area contributed by atoms with Crippen LogP contribution >= 0.6 is 0 Å². The van der Waals surface area contributed by atoms with E-state index in [9.17, 15) is 9.59 Å². The Labute approximate surface area is 156 Å². The molecule has 2 aliphatic heterocycles. The van der Waals surface area contributed by atoms with Gasteiger partial charge in [0, 0.05) is 25.2 Å². The van der Waals surface area contributed by atoms with Gasteiger partial charge in [0.25, 0.3) is 0 Å². The normalized spacial score (nSPS) is 22.8. The Balaban J connectivity index is 1.56. The Kier molecular flexibility index (Phi) is 5.84. The molecule has 1 aromatic carbocycles. The van der Waals surface area contributed by atoms with E-state index in [0.29, 0.717) is 13.1 Å². The van der Waals surface area contributed by atoms with Gasteiger partial charge in [0.1, 0.15) is 6.61 Å². The van der Waals surface area contributed by atoms with E-state index in [1.165, 1.54) is 6.42 Å². The first-order valence-corrected chi connectivity index (χ1v) is 9.74. The molecule has 0 aliphatic carbocycles. The number of benzene rings is 1. The van der Waals surface area contributed by atoms with Crippen LogP contribution in [-0.4, -0.2) is 47.0 Å². The van der Waals surface area contributed by atoms with E-state index in [1.807, 2.05) is 35.2 Å². The Morgan fingerprint density at radius 2 is 1.88 bits per heavy atom. The van der Waals surface area contributed by atoms with Gasteiger partial charge in [-0.1, -0.05) is 30.3 Å². The van der Waals surface area contributed by atoms with Crippen molar-refractivity contribution in [1.29, 1.82) is 0 Å². The van der Waals surface area contributed by atoms with Crippen molar-refractivity contribution < 1.29 is 14.3 Å². The minimum absolute atomic E-state index is 0.0779. The number of likely N-dealkylation sites (tertiary alicyclic amines) is 2. The molecule has 1 aromatic rings. The minimum atomic E-state index is -0.316. The number of carbonyl (C=O) groups is 2. The van der Waals surface area contributed by atoms with Gasteiger partial charge in [0.15, 0.2) is 0 Å². The fourth-order valence-corrected chi connectivity index (χ4v) is 4.05. The van der Waals surface area contributed by atoms with Crippen LogP contribution in [0.25, 0.3) is 0 Å². The molecule has 5 nitrogen and oxygen atoms in total. The van der Waals surface area contributed by atoms with Crippen molar-refractivity contribution in [3.05, 3.63) is 35.9 Å². The summed E-state index contributed by atoms with van der Waals surface area (Å²) in [4.78, 5) is 29.2. The highest BCUT2D eigenvalue weighted by Gasteiger charge is 2.38. The van der Waals surface area contributed by atoms with E-state index in [-0.39, 0.29) is 30.1 Å². The summed E-state index contributed by atoms with van der Waals surface area (Å²) in [6, 6.07) is 9.68. The molecule has 2 heterocycles. The van der Waals surface area contributed by atoms with E-state index in [0.717, 1.165) is 37.8 Å². The van der Waals surface area contributed by atoms with Crippen LogP contribution in [0.2, 0.25) is 0 Å². The van der Waals surface area contributed by atoms with E-state index in [2.05, 4.69) is 13.8 Å². The number of hydrogen-bond acceptors (Lipinski definition) is 3. The predicted molar refractivity (Wildman–Crippen MR) is 101 cm³/mol. The van der Waals surface area contributed by atoms with Crippen molar-refractivity contribution in [3.63, 3.8) is 0 Å². The second-order valence-electron chi connectivity index (χ2n) is 8.08. The average Bonchev–Trinajstić information content (AvgIpc) is 2.66. The van der Waals surface area contributed by atoms with Gasteiger partial charge in [-0.15, -0.1) is 0 Å². The quantitative estimate of drug-likeness (QED) is 0.825. The molecule has 2 fully saturated rings. The van der Waals surface area contributed by atoms with Gasteiger partial charge in [0.05, 0.1) is 5.92 Å². The molecule has 142 valence electrons. The number of rotatable bonds is 3. The van der Waals surface area contributed by atoms with Crippen LogP contribution in [0, 0.1) is 5.92 Å². The molecule has 5 heteroatoms. The van der Waals surface area contributed by atoms with Crippen molar-refractivity contribution in [3.8, 4) is 0 Å². The summed E-state index contributed by atoms with van der Waals surface area (Å²) < 4.78 is 5.44. The van der Waals surface area contributed by atoms with Crippen molar-refractivity contribution in [2.45, 2.75) is 58.1 Å². The molecule has 0 radical (unpaired) electrons. The first-order chi connectivity index (χ1) is 12.5. The number of ether oxygens (including phenoxy) is 1. The second kappa shape index (κ2) is 8.11. The summed E-state index contributed by atoms with van der Waals surface area (Å²) in [6.45, 7) is 6.55. The Morgan fingerprint density at radius 1 is 1.12 bits per heavy atom. The second-order valence-corrected chi connectivity index (χ2v) is 8.08. The number of carbonyl (C=O) groups excluding carboxylic acids is 2. The third-order valence-electron chi connectivity index (χ3n) is 5.65. The largest absolute Gasteiger partial charge is 0.445 e. The molecular weight excluding hydrogens is 328 g/mol. The molecular formula is C21H30N2O3. The lowest BCUT2D eigenvalue weighted by Gasteiger charge is -2.45. The summed E-state index contributed by atoms with van der Waals surface area (Å²) >= 11 is 0. The first kappa shape index (κ1) is 18.7. The van der Waals surface area contributed by atoms with Gasteiger partial charge >= 0.3 is 6.09 Å². The molecule has 2 saturated heterocycles. The van der Waals surface area contributed by atoms with E-state index in [1.54, 1.807) is 4.90 Å². The Bertz CT molecular complexity index is 629. The highest BCUT2D eigenvalue weighted by Crippen LogP contribution is 2.30. The minimum Gasteiger partial charge on any atom is -0.445 e. The lowest BCUT2D eigenvalue weighted by molar-refractivity contribution is -0.144. The molecule has 3 rings (SSSR count). The molecule has 0 spiro atoms. The SMILES string of the molecule is CC1(C)CCCCN1C(=O)[C@@H]1CCCN(C(=O)OCc2ccccc2)C1. The summed E-state index contributed by atoms with van der Waals surface area (Å²) in [5.74, 6) is 0.0978. The Morgan fingerprint density at radius 3 is 2.62 bits per heavy atom. The summed E-state index contributed by atoms with van der Waals surface area (Å²) in [5.41, 5.74) is 0.895. The summed E-state index contributed by atoms with van der Waals surface area (Å²) in [5, 5.41) is 0. The van der Waals surface area contributed by atoms with Crippen molar-refractivity contribution >= 4 is 12.0 Å². The predicted octanol–water partition coefficient (Wildman–Crippen LogP) is 3.83. The van der Waals surface area contributed by atoms with Crippen LogP contribution in [0.5, 0.6) is 0 Å². The van der Waals surface area contributed by atoms with E-state index >= 15 is 0 Å². The maximum Gasteiger partial charge on any atom is 0.410 e. The van der Waals surface area contributed by atoms with Crippen LogP contribution in [0.1, 0.15) is 51.5 Å². The van der Waals surface area contributed by atoms with Crippen molar-refractivity contribution in [2.75, 3.05) is 19.6 Å². The zero-order valence-electron chi connectivity index (χ0n) is 15.9. The molecule has 2 amide bonds. The van der Waals surface area contributed by atoms with Crippen molar-refractivity contribution in [2.24, 2.45) is 5.92 Å². The maximum absolute atomic E-state index is 13.1. The summed E-state index contributed by atoms with van der Waals surface area (Å²) in [7, 11) is 0. The van der Waals surface area contributed by atoms with Gasteiger partial charge in [-0.3, -0.25) is 4.79 Å². The fraction of sp³-hybridized carbons (Fsp3) is 0.619. The molecule has 2 aliphatic rings. The molecule has 0 saturated carbocycles. The van der Waals surface area contributed by atoms with Gasteiger partial charge in [-0.05, 0) is 51.5 Å². The van der Waals surface area contributed by atoms with Crippen LogP contribution in [0.3, 0.4) is 0 Å². The fourth-order valence-electron chi connectivity index (χ4n) is 4.05. The highest BCUT2D eigenvalue weighted by molar-refractivity contribution is 5.81. The summed E-state index contributed by atoms with van der Waals surface area (Å²) in [6.07, 6.45) is 4.70. The van der Waals surface area contributed by atoms with Crippen molar-refractivity contribution in [1.82, 2.24) is 9.80 Å². The number of hydrogen-bond donors (Lipinski definition) is 0. The molecule has 0 unspecified atom stereocenters. The molecule has 0 bridgehead atoms. The van der Waals surface area contributed by atoms with Gasteiger partial charge in [-0.2, -0.15) is 0 Å². The molecule has 26 heavy (non-hydrogen) atoms. The number of nitrogens with zero attached hydrogens (tertiary/aromatic N) is 2. The lowest BCUT2D eigenvalue weighted by atomic mass is 9.87. The van der Waals surface area contributed by atoms with Crippen LogP contribution in [0.4, 0.5) is 4.79 Å². The average molecular weight is 358 g/mol. The molecule has 0 aromatic heterocycles. The maximum atomic E-state index is 13.1. The zero-order valence-corrected chi connectivity index (χ0v) is 15.9. The first-order valence-electron chi connectivity index (χ1n) is 9.74. The van der Waals surface area contributed by atoms with Crippen LogP contribution in [0.15, 0.2) is 30.3 Å². The third-order valence-corrected chi connectivity index (χ3v) is 5.65. The number of piperidine rings is 2. The Hall–Kier alpha value is -2.04. The molecule has 1 atom stereocenters. The lowest BCUT2D eigenvalue weighted by Crippen LogP contribution is -2.55. The van der Waals surface area contributed by atoms with E-state index in [4.69, 9.17) is 4.74 Å². The zero-order chi connectivity index (χ0) is 18.6. The third kappa shape index (κ3) is 4.37. The smallest absolute Gasteiger partial charge is 0.410 e. The topological polar surface area (TPSA) is 49.9 Å². The standard InChI is InChI=1S/C21H30N2O3/c1-21(2)12-6-7-14-23(21)19(24)18-11-8-13-22(15-18)20(25)26-16-17-9-4-3-5-10-17/h3-5,9-10,18H,6-8,11-16H2,1-2H3/t18-/m1/s1. The van der Waals surface area contributed by atoms with Crippen LogP contribution in [-0.2, 0) is 16.1 Å². The number of amides is 2. The van der Waals surface area contributed by atoms with E-state index < -0.39 is 0 Å². The van der Waals surface area contributed by atoms with Gasteiger partial charge < -0.3 is 14.5 Å². The molecule has 0 N–H and O–H groups in total. The highest BCUT2D eigenvalue weighted by atomic mass is 16.6. The van der Waals surface area contributed by atoms with Gasteiger partial charge in [-0.25, -0.2) is 4.79 Å². The van der Waals surface area contributed by atoms with Crippen LogP contribution < -0.4 is 0 Å². The monoisotopic (exact) mass is 358 g/mol. The van der Waals surface area contributed by atoms with Gasteiger partial charge in [0.2, 0.25) is 5.91 Å².